The average molecular weight is 787 g/mol. The highest BCUT2D eigenvalue weighted by molar-refractivity contribution is 5.97. The number of nitrogens with two attached hydrogens (primary N) is 1. The van der Waals surface area contributed by atoms with E-state index in [1.807, 2.05) is 75.5 Å². The topological polar surface area (TPSA) is 240 Å². The molecule has 15 heteroatoms. The number of carboxylic acids is 1. The van der Waals surface area contributed by atoms with Gasteiger partial charge in [0.05, 0.1) is 6.04 Å². The number of hydrogen-bond acceptors (Lipinski definition) is 7. The van der Waals surface area contributed by atoms with E-state index in [1.165, 1.54) is 6.92 Å². The second-order valence-corrected chi connectivity index (χ2v) is 15.7. The normalized spacial score (nSPS) is 15.3. The zero-order valence-electron chi connectivity index (χ0n) is 33.8. The summed E-state index contributed by atoms with van der Waals surface area (Å²) < 4.78 is 0. The van der Waals surface area contributed by atoms with Crippen molar-refractivity contribution in [1.82, 2.24) is 36.6 Å². The zero-order chi connectivity index (χ0) is 42.0. The minimum atomic E-state index is -1.23. The van der Waals surface area contributed by atoms with E-state index in [0.29, 0.717) is 6.42 Å². The molecule has 4 aromatic rings. The number of aliphatic carboxylic acids is 1. The number of carbonyl (C=O) groups is 6. The Hall–Kier alpha value is -5.70. The molecule has 15 nitrogen and oxygen atoms in total. The second kappa shape index (κ2) is 19.9. The number of amides is 5. The van der Waals surface area contributed by atoms with Crippen molar-refractivity contribution in [3.8, 4) is 0 Å². The molecule has 308 valence electrons. The van der Waals surface area contributed by atoms with Crippen molar-refractivity contribution in [3.63, 3.8) is 0 Å². The van der Waals surface area contributed by atoms with Crippen molar-refractivity contribution >= 4 is 57.3 Å². The second-order valence-electron chi connectivity index (χ2n) is 15.7. The number of nitrogens with one attached hydrogen (secondary N) is 7. The number of carboxylic acid groups (broad SMARTS) is 1. The Morgan fingerprint density at radius 2 is 1.12 bits per heavy atom. The highest BCUT2D eigenvalue weighted by Gasteiger charge is 2.35. The summed E-state index contributed by atoms with van der Waals surface area (Å²) in [6, 6.07) is 8.58. The molecule has 7 atom stereocenters. The van der Waals surface area contributed by atoms with Crippen molar-refractivity contribution in [2.45, 2.75) is 110 Å². The predicted octanol–water partition coefficient (Wildman–Crippen LogP) is 3.04. The Morgan fingerprint density at radius 3 is 1.65 bits per heavy atom. The summed E-state index contributed by atoms with van der Waals surface area (Å²) in [6.45, 7) is 12.2. The van der Waals surface area contributed by atoms with Crippen molar-refractivity contribution in [2.24, 2.45) is 23.5 Å². The van der Waals surface area contributed by atoms with Crippen LogP contribution in [0.5, 0.6) is 0 Å². The van der Waals surface area contributed by atoms with E-state index in [2.05, 4.69) is 36.6 Å². The molecule has 57 heavy (non-hydrogen) atoms. The van der Waals surface area contributed by atoms with Crippen LogP contribution in [0.4, 0.5) is 0 Å². The molecule has 2 heterocycles. The molecule has 0 saturated heterocycles. The summed E-state index contributed by atoms with van der Waals surface area (Å²) in [5.41, 5.74) is 9.69. The number of aromatic amines is 2. The summed E-state index contributed by atoms with van der Waals surface area (Å²) in [5, 5.41) is 24.8. The molecule has 0 unspecified atom stereocenters. The number of rotatable bonds is 20. The number of fused-ring (bicyclic) bond motifs is 2. The fraction of sp³-hybridized carbons (Fsp3) is 0.476. The van der Waals surface area contributed by atoms with Crippen LogP contribution in [0.3, 0.4) is 0 Å². The first kappa shape index (κ1) is 44.0. The van der Waals surface area contributed by atoms with Crippen molar-refractivity contribution in [2.75, 3.05) is 0 Å². The van der Waals surface area contributed by atoms with Crippen LogP contribution < -0.4 is 32.3 Å². The number of para-hydroxylation sites is 2. The van der Waals surface area contributed by atoms with Gasteiger partial charge < -0.3 is 47.4 Å². The van der Waals surface area contributed by atoms with Crippen molar-refractivity contribution < 1.29 is 33.9 Å². The first-order valence-corrected chi connectivity index (χ1v) is 19.6. The minimum absolute atomic E-state index is 0.00406. The first-order valence-electron chi connectivity index (χ1n) is 19.6. The van der Waals surface area contributed by atoms with Gasteiger partial charge in [0, 0.05) is 40.6 Å². The zero-order valence-corrected chi connectivity index (χ0v) is 33.8. The van der Waals surface area contributed by atoms with Crippen LogP contribution in [0.15, 0.2) is 60.9 Å². The van der Waals surface area contributed by atoms with E-state index in [9.17, 15) is 33.9 Å². The highest BCUT2D eigenvalue weighted by atomic mass is 16.4. The average Bonchev–Trinajstić information content (AvgIpc) is 3.78. The summed E-state index contributed by atoms with van der Waals surface area (Å²) >= 11 is 0. The third-order valence-corrected chi connectivity index (χ3v) is 10.3. The number of benzene rings is 2. The van der Waals surface area contributed by atoms with Gasteiger partial charge in [-0.15, -0.1) is 0 Å². The molecule has 0 saturated carbocycles. The fourth-order valence-electron chi connectivity index (χ4n) is 6.71. The Morgan fingerprint density at radius 1 is 0.632 bits per heavy atom. The predicted molar refractivity (Wildman–Crippen MR) is 219 cm³/mol. The maximum Gasteiger partial charge on any atom is 0.325 e. The third kappa shape index (κ3) is 11.7. The molecule has 10 N–H and O–H groups in total. The van der Waals surface area contributed by atoms with E-state index in [1.54, 1.807) is 27.0 Å². The van der Waals surface area contributed by atoms with Crippen LogP contribution >= 0.6 is 0 Å². The van der Waals surface area contributed by atoms with Crippen LogP contribution in [0.2, 0.25) is 0 Å². The standard InChI is InChI=1S/C42H58N8O7/c1-8-24(6)36(41(55)46-25(7)42(56)57)50-39(53)34(19-27-21-45-32-16-12-10-14-29(27)32)48-40(54)35(23(4)5)49-38(52)33(17-22(2)3)47-37(51)30(43)18-26-20-44-31-15-11-9-13-28(26)31/h9-16,20-25,30,33-36,44-45H,8,17-19,43H2,1-7H3,(H,46,55)(H,47,51)(H,48,54)(H,49,52)(H,50,53)(H,56,57)/t24-,25-,30-,33-,34-,35-,36-/m0/s1. The van der Waals surface area contributed by atoms with Crippen LogP contribution in [-0.2, 0) is 41.6 Å². The van der Waals surface area contributed by atoms with Crippen LogP contribution in [0.1, 0.15) is 72.4 Å². The van der Waals surface area contributed by atoms with Gasteiger partial charge in [0.25, 0.3) is 0 Å². The molecule has 2 aromatic heterocycles. The van der Waals surface area contributed by atoms with Crippen LogP contribution in [0, 0.1) is 17.8 Å². The van der Waals surface area contributed by atoms with Gasteiger partial charge in [-0.25, -0.2) is 0 Å². The SMILES string of the molecule is CC[C@H](C)[C@H](NC(=O)[C@H](Cc1c[nH]c2ccccc12)NC(=O)[C@@H](NC(=O)[C@H](CC(C)C)NC(=O)[C@@H](N)Cc1c[nH]c2ccccc12)C(C)C)C(=O)N[C@@H](C)C(=O)O. The first-order chi connectivity index (χ1) is 27.0. The maximum absolute atomic E-state index is 14.1. The molecule has 0 fully saturated rings. The molecule has 2 aromatic carbocycles. The van der Waals surface area contributed by atoms with Gasteiger partial charge in [-0.1, -0.05) is 84.4 Å². The molecule has 0 aliphatic carbocycles. The molecule has 0 aliphatic heterocycles. The van der Waals surface area contributed by atoms with Crippen molar-refractivity contribution in [1.29, 1.82) is 0 Å². The summed E-state index contributed by atoms with van der Waals surface area (Å²) in [5.74, 6) is -5.14. The molecule has 0 bridgehead atoms. The smallest absolute Gasteiger partial charge is 0.325 e. The van der Waals surface area contributed by atoms with Gasteiger partial charge in [-0.2, -0.15) is 0 Å². The Bertz CT molecular complexity index is 2040. The molecular formula is C42H58N8O7. The molecule has 0 aliphatic rings. The highest BCUT2D eigenvalue weighted by Crippen LogP contribution is 2.21. The molecule has 5 amide bonds. The number of H-pyrrole nitrogens is 2. The van der Waals surface area contributed by atoms with E-state index in [-0.39, 0.29) is 31.1 Å². The molecule has 0 radical (unpaired) electrons. The summed E-state index contributed by atoms with van der Waals surface area (Å²) in [6.07, 6.45) is 4.58. The van der Waals surface area contributed by atoms with Crippen LogP contribution in [0.25, 0.3) is 21.8 Å². The van der Waals surface area contributed by atoms with Gasteiger partial charge in [0.15, 0.2) is 0 Å². The number of hydrogen-bond donors (Lipinski definition) is 9. The van der Waals surface area contributed by atoms with Gasteiger partial charge in [-0.05, 0) is 60.8 Å². The summed E-state index contributed by atoms with van der Waals surface area (Å²) in [4.78, 5) is 86.7. The quantitative estimate of drug-likeness (QED) is 0.0644. The van der Waals surface area contributed by atoms with Gasteiger partial charge in [0.1, 0.15) is 30.2 Å². The van der Waals surface area contributed by atoms with E-state index < -0.39 is 77.7 Å². The number of carbonyl (C=O) groups excluding carboxylic acids is 5. The number of aromatic nitrogens is 2. The molecule has 4 rings (SSSR count). The van der Waals surface area contributed by atoms with E-state index in [0.717, 1.165) is 32.9 Å². The molecular weight excluding hydrogens is 729 g/mol. The van der Waals surface area contributed by atoms with Crippen LogP contribution in [-0.4, -0.2) is 86.8 Å². The Labute approximate surface area is 333 Å². The minimum Gasteiger partial charge on any atom is -0.480 e. The lowest BCUT2D eigenvalue weighted by molar-refractivity contribution is -0.142. The molecule has 0 spiro atoms. The van der Waals surface area contributed by atoms with E-state index in [4.69, 9.17) is 5.73 Å². The summed E-state index contributed by atoms with van der Waals surface area (Å²) in [7, 11) is 0. The largest absolute Gasteiger partial charge is 0.480 e. The maximum atomic E-state index is 14.1. The Kier molecular flexibility index (Phi) is 15.4. The third-order valence-electron chi connectivity index (χ3n) is 10.3. The van der Waals surface area contributed by atoms with Gasteiger partial charge in [-0.3, -0.25) is 28.8 Å². The van der Waals surface area contributed by atoms with E-state index >= 15 is 0 Å². The Balaban J connectivity index is 1.54. The lowest BCUT2D eigenvalue weighted by Gasteiger charge is -2.30. The monoisotopic (exact) mass is 786 g/mol. The fourth-order valence-corrected chi connectivity index (χ4v) is 6.71. The van der Waals surface area contributed by atoms with Gasteiger partial charge >= 0.3 is 5.97 Å². The lowest BCUT2D eigenvalue weighted by atomic mass is 9.96. The van der Waals surface area contributed by atoms with Gasteiger partial charge in [0.2, 0.25) is 29.5 Å². The van der Waals surface area contributed by atoms with Crippen molar-refractivity contribution in [3.05, 3.63) is 72.1 Å². The lowest BCUT2D eigenvalue weighted by Crippen LogP contribution is -2.61.